The quantitative estimate of drug-likeness (QED) is 0.882. The van der Waals surface area contributed by atoms with E-state index in [2.05, 4.69) is 20.8 Å². The smallest absolute Gasteiger partial charge is 0.228 e. The second kappa shape index (κ2) is 7.41. The second-order valence-electron chi connectivity index (χ2n) is 4.98. The Morgan fingerprint density at radius 3 is 3.09 bits per heavy atom. The summed E-state index contributed by atoms with van der Waals surface area (Å²) in [6.45, 7) is 1.73. The summed E-state index contributed by atoms with van der Waals surface area (Å²) in [6.07, 6.45) is 1.97. The van der Waals surface area contributed by atoms with Crippen molar-refractivity contribution in [2.24, 2.45) is 5.92 Å². The maximum atomic E-state index is 12.2. The van der Waals surface area contributed by atoms with Gasteiger partial charge in [0.1, 0.15) is 5.51 Å². The van der Waals surface area contributed by atoms with E-state index in [-0.39, 0.29) is 11.8 Å². The van der Waals surface area contributed by atoms with Crippen LogP contribution in [0.3, 0.4) is 0 Å². The van der Waals surface area contributed by atoms with E-state index in [4.69, 9.17) is 11.6 Å². The first-order chi connectivity index (χ1) is 10.7. The van der Waals surface area contributed by atoms with Crippen LogP contribution in [0.4, 0.5) is 5.69 Å². The molecule has 1 unspecified atom stereocenters. The number of anilines is 1. The highest BCUT2D eigenvalue weighted by atomic mass is 35.5. The largest absolute Gasteiger partial charge is 0.326 e. The van der Waals surface area contributed by atoms with Gasteiger partial charge in [0.25, 0.3) is 0 Å². The van der Waals surface area contributed by atoms with Crippen LogP contribution in [0.2, 0.25) is 5.02 Å². The normalized spacial score (nSPS) is 18.1. The molecule has 3 rings (SSSR count). The molecule has 0 aliphatic carbocycles. The monoisotopic (exact) mass is 354 g/mol. The molecule has 1 aliphatic heterocycles. The Morgan fingerprint density at radius 2 is 2.41 bits per heavy atom. The molecule has 22 heavy (non-hydrogen) atoms. The van der Waals surface area contributed by atoms with Gasteiger partial charge in [-0.2, -0.15) is 0 Å². The number of hydrogen-bond donors (Lipinski definition) is 2. The number of piperidine rings is 1. The summed E-state index contributed by atoms with van der Waals surface area (Å²) in [4.78, 5) is 13.1. The lowest BCUT2D eigenvalue weighted by Gasteiger charge is -2.22. The molecule has 2 aromatic rings. The Bertz CT molecular complexity index is 644. The van der Waals surface area contributed by atoms with Crippen molar-refractivity contribution >= 4 is 46.3 Å². The SMILES string of the molecule is O=C(Nc1ccc(Sc2nncs2)c(Cl)c1)C1CCCNC1. The number of hydrogen-bond acceptors (Lipinski definition) is 6. The van der Waals surface area contributed by atoms with Crippen LogP contribution in [0, 0.1) is 5.92 Å². The van der Waals surface area contributed by atoms with Gasteiger partial charge in [0, 0.05) is 17.1 Å². The van der Waals surface area contributed by atoms with Crippen molar-refractivity contribution in [3.63, 3.8) is 0 Å². The maximum Gasteiger partial charge on any atom is 0.228 e. The molecule has 1 amide bonds. The van der Waals surface area contributed by atoms with E-state index in [0.717, 1.165) is 40.9 Å². The minimum Gasteiger partial charge on any atom is -0.326 e. The molecule has 0 radical (unpaired) electrons. The Hall–Kier alpha value is -1.15. The van der Waals surface area contributed by atoms with E-state index < -0.39 is 0 Å². The lowest BCUT2D eigenvalue weighted by Crippen LogP contribution is -2.37. The number of carbonyl (C=O) groups is 1. The molecule has 116 valence electrons. The number of nitrogens with one attached hydrogen (secondary N) is 2. The highest BCUT2D eigenvalue weighted by molar-refractivity contribution is 8.01. The standard InChI is InChI=1S/C14H15ClN4OS2/c15-11-6-10(18-13(20)9-2-1-5-16-7-9)3-4-12(11)22-14-19-17-8-21-14/h3-4,6,8-9,16H,1-2,5,7H2,(H,18,20). The van der Waals surface area contributed by atoms with E-state index >= 15 is 0 Å². The zero-order chi connectivity index (χ0) is 15.4. The zero-order valence-corrected chi connectivity index (χ0v) is 14.1. The molecular formula is C14H15ClN4OS2. The molecule has 1 atom stereocenters. The van der Waals surface area contributed by atoms with E-state index in [1.165, 1.54) is 23.1 Å². The first-order valence-corrected chi connectivity index (χ1v) is 9.05. The third-order valence-corrected chi connectivity index (χ3v) is 5.68. The Labute approximate surface area is 141 Å². The maximum absolute atomic E-state index is 12.2. The van der Waals surface area contributed by atoms with Crippen molar-refractivity contribution in [3.8, 4) is 0 Å². The number of benzene rings is 1. The van der Waals surface area contributed by atoms with E-state index in [1.54, 1.807) is 11.6 Å². The van der Waals surface area contributed by atoms with Gasteiger partial charge in [-0.1, -0.05) is 34.7 Å². The molecule has 1 saturated heterocycles. The summed E-state index contributed by atoms with van der Waals surface area (Å²) in [5.41, 5.74) is 2.41. The first kappa shape index (κ1) is 15.7. The van der Waals surface area contributed by atoms with Crippen LogP contribution in [0.1, 0.15) is 12.8 Å². The zero-order valence-electron chi connectivity index (χ0n) is 11.7. The number of rotatable bonds is 4. The summed E-state index contributed by atoms with van der Waals surface area (Å²) in [5, 5.41) is 14.6. The number of halogens is 1. The van der Waals surface area contributed by atoms with Crippen LogP contribution in [-0.2, 0) is 4.79 Å². The van der Waals surface area contributed by atoms with E-state index in [9.17, 15) is 4.79 Å². The summed E-state index contributed by atoms with van der Waals surface area (Å²) >= 11 is 9.22. The first-order valence-electron chi connectivity index (χ1n) is 6.97. The Morgan fingerprint density at radius 1 is 1.50 bits per heavy atom. The van der Waals surface area contributed by atoms with Gasteiger partial charge in [0.2, 0.25) is 5.91 Å². The minimum atomic E-state index is 0.0305. The van der Waals surface area contributed by atoms with Gasteiger partial charge in [0.15, 0.2) is 4.34 Å². The number of carbonyl (C=O) groups excluding carboxylic acids is 1. The van der Waals surface area contributed by atoms with Gasteiger partial charge in [-0.25, -0.2) is 0 Å². The van der Waals surface area contributed by atoms with Gasteiger partial charge in [-0.3, -0.25) is 4.79 Å². The van der Waals surface area contributed by atoms with E-state index in [1.807, 2.05) is 12.1 Å². The summed E-state index contributed by atoms with van der Waals surface area (Å²) in [7, 11) is 0. The molecule has 0 saturated carbocycles. The van der Waals surface area contributed by atoms with Crippen molar-refractivity contribution in [3.05, 3.63) is 28.7 Å². The average Bonchev–Trinajstić information content (AvgIpc) is 3.04. The highest BCUT2D eigenvalue weighted by Crippen LogP contribution is 2.35. The molecule has 5 nitrogen and oxygen atoms in total. The van der Waals surface area contributed by atoms with Crippen LogP contribution in [0.25, 0.3) is 0 Å². The van der Waals surface area contributed by atoms with Crippen LogP contribution < -0.4 is 10.6 Å². The molecular weight excluding hydrogens is 340 g/mol. The van der Waals surface area contributed by atoms with Crippen LogP contribution in [0.15, 0.2) is 32.9 Å². The van der Waals surface area contributed by atoms with Gasteiger partial charge >= 0.3 is 0 Å². The molecule has 1 aliphatic rings. The number of aromatic nitrogens is 2. The summed E-state index contributed by atoms with van der Waals surface area (Å²) in [6, 6.07) is 5.53. The predicted octanol–water partition coefficient (Wildman–Crippen LogP) is 3.28. The molecule has 8 heteroatoms. The number of nitrogens with zero attached hydrogens (tertiary/aromatic N) is 2. The fourth-order valence-electron chi connectivity index (χ4n) is 2.28. The topological polar surface area (TPSA) is 66.9 Å². The third kappa shape index (κ3) is 3.98. The van der Waals surface area contributed by atoms with Crippen molar-refractivity contribution in [2.75, 3.05) is 18.4 Å². The van der Waals surface area contributed by atoms with Gasteiger partial charge in [-0.05, 0) is 37.6 Å². The van der Waals surface area contributed by atoms with Crippen LogP contribution >= 0.6 is 34.7 Å². The molecule has 0 bridgehead atoms. The Balaban J connectivity index is 1.65. The van der Waals surface area contributed by atoms with Crippen molar-refractivity contribution < 1.29 is 4.79 Å². The summed E-state index contributed by atoms with van der Waals surface area (Å²) < 4.78 is 0.840. The minimum absolute atomic E-state index is 0.0305. The third-order valence-electron chi connectivity index (χ3n) is 3.40. The van der Waals surface area contributed by atoms with Gasteiger partial charge in [-0.15, -0.1) is 10.2 Å². The molecule has 2 heterocycles. The lowest BCUT2D eigenvalue weighted by molar-refractivity contribution is -0.120. The lowest BCUT2D eigenvalue weighted by atomic mass is 9.99. The van der Waals surface area contributed by atoms with Crippen molar-refractivity contribution in [2.45, 2.75) is 22.1 Å². The predicted molar refractivity (Wildman–Crippen MR) is 89.7 cm³/mol. The van der Waals surface area contributed by atoms with Crippen molar-refractivity contribution in [1.82, 2.24) is 15.5 Å². The van der Waals surface area contributed by atoms with Crippen molar-refractivity contribution in [1.29, 1.82) is 0 Å². The summed E-state index contributed by atoms with van der Waals surface area (Å²) in [5.74, 6) is 0.0794. The van der Waals surface area contributed by atoms with Crippen LogP contribution in [-0.4, -0.2) is 29.2 Å². The van der Waals surface area contributed by atoms with Gasteiger partial charge in [0.05, 0.1) is 10.9 Å². The van der Waals surface area contributed by atoms with Crippen LogP contribution in [0.5, 0.6) is 0 Å². The molecule has 1 aromatic heterocycles. The highest BCUT2D eigenvalue weighted by Gasteiger charge is 2.21. The molecule has 1 aromatic carbocycles. The van der Waals surface area contributed by atoms with Gasteiger partial charge < -0.3 is 10.6 Å². The second-order valence-corrected chi connectivity index (χ2v) is 7.51. The fraction of sp³-hybridized carbons (Fsp3) is 0.357. The average molecular weight is 355 g/mol. The molecule has 0 spiro atoms. The fourth-order valence-corrected chi connectivity index (χ4v) is 4.02. The number of amides is 1. The molecule has 1 fully saturated rings. The Kier molecular flexibility index (Phi) is 5.30. The molecule has 2 N–H and O–H groups in total. The van der Waals surface area contributed by atoms with E-state index in [0.29, 0.717) is 5.02 Å².